The van der Waals surface area contributed by atoms with Gasteiger partial charge in [0.25, 0.3) is 11.5 Å². The van der Waals surface area contributed by atoms with Crippen molar-refractivity contribution in [3.05, 3.63) is 75.5 Å². The topological polar surface area (TPSA) is 106 Å². The van der Waals surface area contributed by atoms with Crippen LogP contribution in [0.5, 0.6) is 0 Å². The Morgan fingerprint density at radius 3 is 2.78 bits per heavy atom. The van der Waals surface area contributed by atoms with Gasteiger partial charge < -0.3 is 4.90 Å². The van der Waals surface area contributed by atoms with E-state index in [9.17, 15) is 14.0 Å². The highest BCUT2D eigenvalue weighted by atomic mass is 19.1. The highest BCUT2D eigenvalue weighted by molar-refractivity contribution is 5.95. The Labute approximate surface area is 184 Å². The number of aromatic amines is 1. The number of fused-ring (bicyclic) bond motifs is 1. The van der Waals surface area contributed by atoms with Gasteiger partial charge in [-0.05, 0) is 44.0 Å². The molecule has 1 aliphatic heterocycles. The third kappa shape index (κ3) is 4.10. The van der Waals surface area contributed by atoms with Gasteiger partial charge in [0.1, 0.15) is 5.82 Å². The minimum atomic E-state index is -0.576. The summed E-state index contributed by atoms with van der Waals surface area (Å²) >= 11 is 0. The normalized spacial score (nSPS) is 16.0. The van der Waals surface area contributed by atoms with E-state index in [4.69, 9.17) is 5.53 Å². The summed E-state index contributed by atoms with van der Waals surface area (Å²) in [6, 6.07) is 11.6. The van der Waals surface area contributed by atoms with Gasteiger partial charge >= 0.3 is 0 Å². The summed E-state index contributed by atoms with van der Waals surface area (Å²) in [5.41, 5.74) is 8.51. The van der Waals surface area contributed by atoms with Crippen molar-refractivity contribution in [2.24, 2.45) is 5.22 Å². The Hall–Kier alpha value is -3.62. The maximum absolute atomic E-state index is 14.6. The molecule has 8 nitrogen and oxygen atoms in total. The molecule has 1 fully saturated rings. The van der Waals surface area contributed by atoms with Gasteiger partial charge in [-0.3, -0.25) is 14.6 Å². The number of hydrogen-bond acceptors (Lipinski definition) is 5. The van der Waals surface area contributed by atoms with E-state index in [0.29, 0.717) is 37.0 Å². The predicted molar refractivity (Wildman–Crippen MR) is 118 cm³/mol. The molecule has 0 spiro atoms. The second-order valence-electron chi connectivity index (χ2n) is 8.30. The van der Waals surface area contributed by atoms with Crippen molar-refractivity contribution in [1.82, 2.24) is 20.1 Å². The number of nitrogens with zero attached hydrogens (tertiary/aromatic N) is 4. The van der Waals surface area contributed by atoms with Crippen LogP contribution in [0.15, 0.2) is 52.5 Å². The van der Waals surface area contributed by atoms with Gasteiger partial charge in [0.15, 0.2) is 0 Å². The molecule has 1 saturated heterocycles. The Bertz CT molecular complexity index is 1220. The summed E-state index contributed by atoms with van der Waals surface area (Å²) in [6.45, 7) is 4.77. The number of carbonyl (C=O) groups excluding carboxylic acids is 1. The van der Waals surface area contributed by atoms with Crippen LogP contribution < -0.4 is 5.56 Å². The molecule has 3 aromatic rings. The first kappa shape index (κ1) is 21.6. The molecule has 2 heterocycles. The Morgan fingerprint density at radius 1 is 1.31 bits per heavy atom. The zero-order valence-corrected chi connectivity index (χ0v) is 18.0. The summed E-state index contributed by atoms with van der Waals surface area (Å²) in [4.78, 5) is 26.7. The SMILES string of the molecule is CC(C)N(N=N)C1CCN(C(=O)c2cc(Cc3n[nH]c(=O)c4ccccc34)ccc2F)C1. The van der Waals surface area contributed by atoms with E-state index in [1.165, 1.54) is 6.07 Å². The molecule has 1 unspecified atom stereocenters. The van der Waals surface area contributed by atoms with Crippen molar-refractivity contribution in [2.75, 3.05) is 13.1 Å². The highest BCUT2D eigenvalue weighted by Crippen LogP contribution is 2.23. The molecule has 9 heteroatoms. The molecule has 0 aliphatic carbocycles. The maximum atomic E-state index is 14.6. The van der Waals surface area contributed by atoms with E-state index in [1.807, 2.05) is 26.0 Å². The van der Waals surface area contributed by atoms with E-state index in [1.54, 1.807) is 34.2 Å². The zero-order valence-electron chi connectivity index (χ0n) is 18.0. The lowest BCUT2D eigenvalue weighted by molar-refractivity contribution is 0.0758. The van der Waals surface area contributed by atoms with Crippen LogP contribution in [0, 0.1) is 11.3 Å². The van der Waals surface area contributed by atoms with E-state index < -0.39 is 5.82 Å². The summed E-state index contributed by atoms with van der Waals surface area (Å²) in [7, 11) is 0. The maximum Gasteiger partial charge on any atom is 0.272 e. The fourth-order valence-corrected chi connectivity index (χ4v) is 4.28. The van der Waals surface area contributed by atoms with Crippen LogP contribution in [0.2, 0.25) is 0 Å². The van der Waals surface area contributed by atoms with Crippen LogP contribution in [-0.2, 0) is 6.42 Å². The summed E-state index contributed by atoms with van der Waals surface area (Å²) < 4.78 is 14.6. The summed E-state index contributed by atoms with van der Waals surface area (Å²) in [5.74, 6) is -0.952. The number of carbonyl (C=O) groups is 1. The molecule has 0 bridgehead atoms. The van der Waals surface area contributed by atoms with Crippen LogP contribution >= 0.6 is 0 Å². The Balaban J connectivity index is 1.58. The highest BCUT2D eigenvalue weighted by Gasteiger charge is 2.32. The second kappa shape index (κ2) is 8.86. The predicted octanol–water partition coefficient (Wildman–Crippen LogP) is 3.52. The van der Waals surface area contributed by atoms with Crippen molar-refractivity contribution in [2.45, 2.75) is 38.8 Å². The van der Waals surface area contributed by atoms with Crippen molar-refractivity contribution < 1.29 is 9.18 Å². The van der Waals surface area contributed by atoms with Gasteiger partial charge in [0.05, 0.1) is 22.7 Å². The van der Waals surface area contributed by atoms with Gasteiger partial charge in [-0.1, -0.05) is 29.5 Å². The molecule has 2 N–H and O–H groups in total. The fraction of sp³-hybridized carbons (Fsp3) is 0.348. The first-order chi connectivity index (χ1) is 15.4. The smallest absolute Gasteiger partial charge is 0.272 e. The molecule has 2 aromatic carbocycles. The third-order valence-corrected chi connectivity index (χ3v) is 5.88. The van der Waals surface area contributed by atoms with Crippen LogP contribution in [-0.4, -0.2) is 51.2 Å². The molecular weight excluding hydrogens is 411 g/mol. The number of rotatable bonds is 6. The number of halogens is 1. The Kier molecular flexibility index (Phi) is 5.98. The lowest BCUT2D eigenvalue weighted by atomic mass is 10.0. The largest absolute Gasteiger partial charge is 0.336 e. The molecule has 1 atom stereocenters. The second-order valence-corrected chi connectivity index (χ2v) is 8.30. The summed E-state index contributed by atoms with van der Waals surface area (Å²) in [5, 5.41) is 13.2. The van der Waals surface area contributed by atoms with E-state index >= 15 is 0 Å². The van der Waals surface area contributed by atoms with E-state index in [0.717, 1.165) is 10.9 Å². The van der Waals surface area contributed by atoms with Gasteiger partial charge in [-0.25, -0.2) is 9.49 Å². The van der Waals surface area contributed by atoms with Crippen molar-refractivity contribution in [3.63, 3.8) is 0 Å². The standard InChI is InChI=1S/C23H25FN6O2/c1-14(2)30(28-25)16-9-10-29(13-16)23(32)19-11-15(7-8-20(19)24)12-21-17-5-3-4-6-18(17)22(31)27-26-21/h3-8,11,14,16,25H,9-10,12-13H2,1-2H3,(H,27,31). The molecule has 1 aliphatic rings. The molecular formula is C23H25FN6O2. The minimum absolute atomic E-state index is 0.00999. The Morgan fingerprint density at radius 2 is 2.06 bits per heavy atom. The molecule has 166 valence electrons. The van der Waals surface area contributed by atoms with Crippen molar-refractivity contribution >= 4 is 16.7 Å². The molecule has 1 amide bonds. The van der Waals surface area contributed by atoms with Gasteiger partial charge in [0, 0.05) is 30.9 Å². The summed E-state index contributed by atoms with van der Waals surface area (Å²) in [6.07, 6.45) is 1.03. The fourth-order valence-electron chi connectivity index (χ4n) is 4.28. The van der Waals surface area contributed by atoms with Gasteiger partial charge in [-0.15, -0.1) is 0 Å². The number of H-pyrrole nitrogens is 1. The van der Waals surface area contributed by atoms with Crippen molar-refractivity contribution in [1.29, 1.82) is 5.53 Å². The van der Waals surface area contributed by atoms with Gasteiger partial charge in [-0.2, -0.15) is 10.6 Å². The minimum Gasteiger partial charge on any atom is -0.336 e. The van der Waals surface area contributed by atoms with Crippen LogP contribution in [0.25, 0.3) is 10.8 Å². The number of hydrogen-bond donors (Lipinski definition) is 2. The van der Waals surface area contributed by atoms with Crippen LogP contribution in [0.4, 0.5) is 4.39 Å². The lowest BCUT2D eigenvalue weighted by Crippen LogP contribution is -2.39. The first-order valence-electron chi connectivity index (χ1n) is 10.6. The van der Waals surface area contributed by atoms with Crippen LogP contribution in [0.1, 0.15) is 41.9 Å². The molecule has 0 radical (unpaired) electrons. The monoisotopic (exact) mass is 436 g/mol. The molecule has 0 saturated carbocycles. The number of amides is 1. The average Bonchev–Trinajstić information content (AvgIpc) is 3.26. The lowest BCUT2D eigenvalue weighted by Gasteiger charge is -2.28. The quantitative estimate of drug-likeness (QED) is 0.455. The van der Waals surface area contributed by atoms with E-state index in [-0.39, 0.29) is 29.1 Å². The van der Waals surface area contributed by atoms with E-state index in [2.05, 4.69) is 15.4 Å². The van der Waals surface area contributed by atoms with Gasteiger partial charge in [0.2, 0.25) is 0 Å². The number of benzene rings is 2. The first-order valence-corrected chi connectivity index (χ1v) is 10.6. The molecule has 1 aromatic heterocycles. The average molecular weight is 436 g/mol. The van der Waals surface area contributed by atoms with Crippen molar-refractivity contribution in [3.8, 4) is 0 Å². The van der Waals surface area contributed by atoms with Crippen LogP contribution in [0.3, 0.4) is 0 Å². The zero-order chi connectivity index (χ0) is 22.8. The number of aromatic nitrogens is 2. The molecule has 4 rings (SSSR count). The number of nitrogens with one attached hydrogen (secondary N) is 2. The number of likely N-dealkylation sites (tertiary alicyclic amines) is 1. The third-order valence-electron chi connectivity index (χ3n) is 5.88. The molecule has 32 heavy (non-hydrogen) atoms.